The third kappa shape index (κ3) is 2.84. The zero-order chi connectivity index (χ0) is 15.0. The van der Waals surface area contributed by atoms with Crippen LogP contribution >= 0.6 is 11.3 Å². The number of carbonyl (C=O) groups excluding carboxylic acids is 2. The zero-order valence-corrected chi connectivity index (χ0v) is 12.6. The molecule has 2 fully saturated rings. The molecule has 6 nitrogen and oxygen atoms in total. The Morgan fingerprint density at radius 2 is 2.19 bits per heavy atom. The van der Waals surface area contributed by atoms with Crippen LogP contribution in [-0.2, 0) is 19.1 Å². The molecule has 2 heterocycles. The van der Waals surface area contributed by atoms with Crippen LogP contribution in [0.1, 0.15) is 12.6 Å². The molecule has 0 bridgehead atoms. The number of rotatable bonds is 4. The van der Waals surface area contributed by atoms with Gasteiger partial charge in [0.1, 0.15) is 0 Å². The number of hydrogen-bond acceptors (Lipinski definition) is 6. The van der Waals surface area contributed by atoms with Gasteiger partial charge in [0.25, 0.3) is 0 Å². The number of carbonyl (C=O) groups is 2. The maximum absolute atomic E-state index is 12.0. The molecule has 1 amide bonds. The quantitative estimate of drug-likeness (QED) is 0.674. The number of aromatic nitrogens is 1. The number of ether oxygens (including phenoxy) is 2. The highest BCUT2D eigenvalue weighted by Crippen LogP contribution is 2.52. The predicted octanol–water partition coefficient (Wildman–Crippen LogP) is 1.55. The van der Waals surface area contributed by atoms with E-state index in [1.165, 1.54) is 25.4 Å². The Balaban J connectivity index is 1.82. The fraction of sp³-hybridized carbons (Fsp3) is 0.500. The Bertz CT molecular complexity index is 600. The van der Waals surface area contributed by atoms with E-state index >= 15 is 0 Å². The summed E-state index contributed by atoms with van der Waals surface area (Å²) in [5, 5.41) is 4.85. The van der Waals surface area contributed by atoms with Gasteiger partial charge in [-0.15, -0.1) is 11.3 Å². The Hall–Kier alpha value is -1.73. The zero-order valence-electron chi connectivity index (χ0n) is 11.8. The van der Waals surface area contributed by atoms with Gasteiger partial charge in [-0.25, -0.2) is 9.78 Å². The van der Waals surface area contributed by atoms with Crippen molar-refractivity contribution in [3.8, 4) is 0 Å². The molecule has 112 valence electrons. The number of thiazole rings is 1. The molecule has 3 rings (SSSR count). The van der Waals surface area contributed by atoms with E-state index in [0.29, 0.717) is 34.2 Å². The largest absolute Gasteiger partial charge is 0.465 e. The van der Waals surface area contributed by atoms with Gasteiger partial charge < -0.3 is 14.8 Å². The average Bonchev–Trinajstić information content (AvgIpc) is 2.88. The van der Waals surface area contributed by atoms with Gasteiger partial charge in [-0.3, -0.25) is 4.79 Å². The highest BCUT2D eigenvalue weighted by Gasteiger charge is 2.53. The maximum atomic E-state index is 12.0. The van der Waals surface area contributed by atoms with Crippen LogP contribution in [0, 0.1) is 17.8 Å². The van der Waals surface area contributed by atoms with Gasteiger partial charge in [0, 0.05) is 12.3 Å². The van der Waals surface area contributed by atoms with Crippen molar-refractivity contribution in [3.63, 3.8) is 0 Å². The summed E-state index contributed by atoms with van der Waals surface area (Å²) in [5.41, 5.74) is 1.01. The van der Waals surface area contributed by atoms with Crippen molar-refractivity contribution < 1.29 is 19.1 Å². The smallest absolute Gasteiger partial charge is 0.339 e. The summed E-state index contributed by atoms with van der Waals surface area (Å²) >= 11 is 1.29. The van der Waals surface area contributed by atoms with Crippen molar-refractivity contribution >= 4 is 33.9 Å². The van der Waals surface area contributed by atoms with E-state index in [0.717, 1.165) is 13.2 Å². The minimum absolute atomic E-state index is 0.187. The van der Waals surface area contributed by atoms with E-state index in [4.69, 9.17) is 9.47 Å². The topological polar surface area (TPSA) is 77.5 Å². The first kappa shape index (κ1) is 14.2. The SMILES string of the molecule is COC(=O)/C(=C\C1C2COCC12)c1csc(NC(C)=O)n1. The Morgan fingerprint density at radius 3 is 2.81 bits per heavy atom. The van der Waals surface area contributed by atoms with Gasteiger partial charge in [0.05, 0.1) is 31.6 Å². The Kier molecular flexibility index (Phi) is 3.77. The van der Waals surface area contributed by atoms with Gasteiger partial charge >= 0.3 is 5.97 Å². The molecule has 1 aliphatic heterocycles. The first-order chi connectivity index (χ1) is 10.1. The van der Waals surface area contributed by atoms with Gasteiger partial charge in [-0.05, 0) is 17.8 Å². The maximum Gasteiger partial charge on any atom is 0.339 e. The molecule has 1 saturated heterocycles. The summed E-state index contributed by atoms with van der Waals surface area (Å²) in [5.74, 6) is 0.795. The third-order valence-electron chi connectivity index (χ3n) is 3.85. The van der Waals surface area contributed by atoms with Crippen LogP contribution in [0.2, 0.25) is 0 Å². The van der Waals surface area contributed by atoms with E-state index in [-0.39, 0.29) is 5.91 Å². The summed E-state index contributed by atoms with van der Waals surface area (Å²) in [6.07, 6.45) is 1.94. The summed E-state index contributed by atoms with van der Waals surface area (Å²) in [7, 11) is 1.36. The fourth-order valence-corrected chi connectivity index (χ4v) is 3.45. The molecule has 0 spiro atoms. The molecule has 2 atom stereocenters. The van der Waals surface area contributed by atoms with Crippen LogP contribution in [0.4, 0.5) is 5.13 Å². The molecular weight excluding hydrogens is 292 g/mol. The van der Waals surface area contributed by atoms with Crippen molar-refractivity contribution in [1.29, 1.82) is 0 Å². The van der Waals surface area contributed by atoms with E-state index in [2.05, 4.69) is 10.3 Å². The van der Waals surface area contributed by atoms with Crippen molar-refractivity contribution in [1.82, 2.24) is 4.98 Å². The Morgan fingerprint density at radius 1 is 1.48 bits per heavy atom. The van der Waals surface area contributed by atoms with Crippen LogP contribution in [0.3, 0.4) is 0 Å². The number of hydrogen-bond donors (Lipinski definition) is 1. The third-order valence-corrected chi connectivity index (χ3v) is 4.60. The van der Waals surface area contributed by atoms with Gasteiger partial charge in [-0.2, -0.15) is 0 Å². The average molecular weight is 308 g/mol. The molecule has 1 aromatic heterocycles. The van der Waals surface area contributed by atoms with Crippen LogP contribution < -0.4 is 5.32 Å². The summed E-state index contributed by atoms with van der Waals surface area (Å²) in [6, 6.07) is 0. The first-order valence-electron chi connectivity index (χ1n) is 6.71. The van der Waals surface area contributed by atoms with Crippen LogP contribution in [0.15, 0.2) is 11.5 Å². The van der Waals surface area contributed by atoms with E-state index in [1.807, 2.05) is 6.08 Å². The van der Waals surface area contributed by atoms with Crippen LogP contribution in [-0.4, -0.2) is 37.2 Å². The molecule has 0 radical (unpaired) electrons. The highest BCUT2D eigenvalue weighted by molar-refractivity contribution is 7.14. The molecule has 0 aromatic carbocycles. The molecule has 7 heteroatoms. The van der Waals surface area contributed by atoms with Crippen molar-refractivity contribution in [3.05, 3.63) is 17.2 Å². The molecule has 2 unspecified atom stereocenters. The number of methoxy groups -OCH3 is 1. The predicted molar refractivity (Wildman–Crippen MR) is 77.7 cm³/mol. The number of anilines is 1. The second-order valence-corrected chi connectivity index (χ2v) is 6.09. The monoisotopic (exact) mass is 308 g/mol. The van der Waals surface area contributed by atoms with Crippen molar-refractivity contribution in [2.75, 3.05) is 25.6 Å². The summed E-state index contributed by atoms with van der Waals surface area (Å²) in [4.78, 5) is 27.3. The number of amides is 1. The fourth-order valence-electron chi connectivity index (χ4n) is 2.70. The van der Waals surface area contributed by atoms with Gasteiger partial charge in [0.15, 0.2) is 5.13 Å². The van der Waals surface area contributed by atoms with Crippen LogP contribution in [0.25, 0.3) is 5.57 Å². The van der Waals surface area contributed by atoms with Crippen molar-refractivity contribution in [2.45, 2.75) is 6.92 Å². The van der Waals surface area contributed by atoms with Gasteiger partial charge in [-0.1, -0.05) is 6.08 Å². The minimum Gasteiger partial charge on any atom is -0.465 e. The van der Waals surface area contributed by atoms with Crippen molar-refractivity contribution in [2.24, 2.45) is 17.8 Å². The number of nitrogens with zero attached hydrogens (tertiary/aromatic N) is 1. The second kappa shape index (κ2) is 5.57. The normalized spacial score (nSPS) is 27.1. The molecule has 1 aromatic rings. The summed E-state index contributed by atoms with van der Waals surface area (Å²) < 4.78 is 10.2. The second-order valence-electron chi connectivity index (χ2n) is 5.23. The van der Waals surface area contributed by atoms with E-state index in [9.17, 15) is 9.59 Å². The molecule has 1 N–H and O–H groups in total. The molecule has 1 aliphatic carbocycles. The lowest BCUT2D eigenvalue weighted by Crippen LogP contribution is -2.08. The lowest BCUT2D eigenvalue weighted by molar-refractivity contribution is -0.133. The molecule has 21 heavy (non-hydrogen) atoms. The lowest BCUT2D eigenvalue weighted by Gasteiger charge is -2.04. The van der Waals surface area contributed by atoms with E-state index in [1.54, 1.807) is 5.38 Å². The van der Waals surface area contributed by atoms with Gasteiger partial charge in [0.2, 0.25) is 5.91 Å². The first-order valence-corrected chi connectivity index (χ1v) is 7.59. The number of allylic oxidation sites excluding steroid dienone is 1. The number of esters is 1. The molecular formula is C14H16N2O4S. The standard InChI is InChI=1S/C14H16N2O4S/c1-7(17)15-14-16-12(6-21-14)9(13(18)19-2)3-8-10-4-20-5-11(8)10/h3,6,8,10-11H,4-5H2,1-2H3,(H,15,16,17)/b9-3-. The minimum atomic E-state index is -0.402. The van der Waals surface area contributed by atoms with E-state index < -0.39 is 5.97 Å². The van der Waals surface area contributed by atoms with Crippen LogP contribution in [0.5, 0.6) is 0 Å². The highest BCUT2D eigenvalue weighted by atomic mass is 32.1. The number of fused-ring (bicyclic) bond motifs is 1. The summed E-state index contributed by atoms with van der Waals surface area (Å²) in [6.45, 7) is 2.94. The lowest BCUT2D eigenvalue weighted by atomic mass is 10.1. The molecule has 1 saturated carbocycles. The Labute approximate surface area is 126 Å². The number of nitrogens with one attached hydrogen (secondary N) is 1. The molecule has 2 aliphatic rings.